The smallest absolute Gasteiger partial charge is 0.248 e. The number of imidazole rings is 1. The van der Waals surface area contributed by atoms with Crippen LogP contribution in [-0.4, -0.2) is 10.4 Å². The van der Waals surface area contributed by atoms with Gasteiger partial charge in [-0.05, 0) is 12.1 Å². The number of hydrogen-bond acceptors (Lipinski definition) is 1. The Labute approximate surface area is 125 Å². The molecule has 0 unspecified atom stereocenters. The number of rotatable bonds is 4. The molecular weight excluding hydrogens is 360 g/mol. The molecule has 0 fully saturated rings. The van der Waals surface area contributed by atoms with E-state index in [2.05, 4.69) is 22.5 Å². The maximum Gasteiger partial charge on any atom is 0.248 e. The van der Waals surface area contributed by atoms with Crippen LogP contribution in [0.3, 0.4) is 0 Å². The van der Waals surface area contributed by atoms with E-state index in [1.165, 1.54) is 0 Å². The van der Waals surface area contributed by atoms with Gasteiger partial charge in [-0.1, -0.05) is 34.6 Å². The van der Waals surface area contributed by atoms with E-state index in [0.717, 1.165) is 4.47 Å². The molecule has 5 heteroatoms. The molecule has 1 aromatic carbocycles. The molecule has 0 radical (unpaired) electrons. The Morgan fingerprint density at radius 2 is 2.06 bits per heavy atom. The first kappa shape index (κ1) is 14.9. The topological polar surface area (TPSA) is 25.9 Å². The summed E-state index contributed by atoms with van der Waals surface area (Å²) in [6.07, 6.45) is 7.20. The van der Waals surface area contributed by atoms with E-state index < -0.39 is 0 Å². The van der Waals surface area contributed by atoms with Gasteiger partial charge in [0, 0.05) is 10.0 Å². The lowest BCUT2D eigenvalue weighted by molar-refractivity contribution is -0.682. The summed E-state index contributed by atoms with van der Waals surface area (Å²) >= 11 is 3.34. The van der Waals surface area contributed by atoms with Crippen molar-refractivity contribution in [1.82, 2.24) is 4.57 Å². The second-order valence-corrected chi connectivity index (χ2v) is 4.56. The van der Waals surface area contributed by atoms with Crippen molar-refractivity contribution in [2.75, 3.05) is 0 Å². The van der Waals surface area contributed by atoms with Gasteiger partial charge in [-0.3, -0.25) is 4.79 Å². The summed E-state index contributed by atoms with van der Waals surface area (Å²) in [6.45, 7) is 3.99. The Bertz CT molecular complexity index is 546. The molecule has 94 valence electrons. The molecule has 1 aromatic heterocycles. The van der Waals surface area contributed by atoms with Crippen molar-refractivity contribution in [2.45, 2.75) is 6.54 Å². The van der Waals surface area contributed by atoms with Crippen LogP contribution in [-0.2, 0) is 6.54 Å². The quantitative estimate of drug-likeness (QED) is 0.527. The number of carbonyl (C=O) groups excluding carboxylic acids is 1. The first-order valence-corrected chi connectivity index (χ1v) is 5.96. The van der Waals surface area contributed by atoms with Gasteiger partial charge in [0.25, 0.3) is 0 Å². The van der Waals surface area contributed by atoms with E-state index in [1.807, 2.05) is 47.6 Å². The standard InChI is InChI=1S/C13H12BrN2O.BrH/c1-2-15-7-8-16(10-15)9-13(17)11-3-5-12(14)6-4-11;/h2-8,10H,1,9H2;1H/q+1;/p-1. The van der Waals surface area contributed by atoms with Crippen LogP contribution in [0.4, 0.5) is 0 Å². The third-order valence-corrected chi connectivity index (χ3v) is 2.94. The summed E-state index contributed by atoms with van der Waals surface area (Å²) in [5, 5.41) is 0. The van der Waals surface area contributed by atoms with Gasteiger partial charge in [-0.15, -0.1) is 0 Å². The van der Waals surface area contributed by atoms with Crippen LogP contribution in [0.15, 0.2) is 54.0 Å². The molecule has 0 bridgehead atoms. The molecule has 1 heterocycles. The van der Waals surface area contributed by atoms with Crippen molar-refractivity contribution in [2.24, 2.45) is 0 Å². The van der Waals surface area contributed by atoms with Crippen LogP contribution >= 0.6 is 15.9 Å². The number of ketones is 1. The van der Waals surface area contributed by atoms with Crippen molar-refractivity contribution < 1.29 is 26.3 Å². The number of aromatic nitrogens is 2. The van der Waals surface area contributed by atoms with E-state index in [9.17, 15) is 4.79 Å². The van der Waals surface area contributed by atoms with Crippen LogP contribution in [0.2, 0.25) is 0 Å². The van der Waals surface area contributed by atoms with E-state index >= 15 is 0 Å². The number of nitrogens with zero attached hydrogens (tertiary/aromatic N) is 2. The van der Waals surface area contributed by atoms with E-state index in [4.69, 9.17) is 0 Å². The number of Topliss-reactive ketones (excluding diaryl/α,β-unsaturated/α-hetero) is 1. The largest absolute Gasteiger partial charge is 1.00 e. The predicted molar refractivity (Wildman–Crippen MR) is 69.5 cm³/mol. The maximum atomic E-state index is 12.0. The molecule has 2 aromatic rings. The summed E-state index contributed by atoms with van der Waals surface area (Å²) in [5.74, 6) is 0.0873. The lowest BCUT2D eigenvalue weighted by Crippen LogP contribution is -3.00. The summed E-state index contributed by atoms with van der Waals surface area (Å²) in [6, 6.07) is 7.37. The molecule has 0 amide bonds. The lowest BCUT2D eigenvalue weighted by Gasteiger charge is -1.98. The number of benzene rings is 1. The van der Waals surface area contributed by atoms with Crippen LogP contribution in [0.5, 0.6) is 0 Å². The maximum absolute atomic E-state index is 12.0. The molecule has 0 saturated carbocycles. The SMILES string of the molecule is C=Cn1cc[n+](CC(=O)c2ccc(Br)cc2)c1.[Br-]. The zero-order chi connectivity index (χ0) is 12.3. The van der Waals surface area contributed by atoms with Crippen molar-refractivity contribution in [3.8, 4) is 0 Å². The third kappa shape index (κ3) is 3.65. The van der Waals surface area contributed by atoms with Gasteiger partial charge in [0.15, 0.2) is 6.54 Å². The highest BCUT2D eigenvalue weighted by molar-refractivity contribution is 9.10. The second-order valence-electron chi connectivity index (χ2n) is 3.65. The molecule has 0 N–H and O–H groups in total. The monoisotopic (exact) mass is 370 g/mol. The molecule has 0 aliphatic carbocycles. The Hall–Kier alpha value is -1.20. The highest BCUT2D eigenvalue weighted by Crippen LogP contribution is 2.10. The van der Waals surface area contributed by atoms with Crippen LogP contribution in [0.1, 0.15) is 10.4 Å². The summed E-state index contributed by atoms with van der Waals surface area (Å²) in [4.78, 5) is 12.0. The van der Waals surface area contributed by atoms with Crippen LogP contribution < -0.4 is 21.5 Å². The zero-order valence-corrected chi connectivity index (χ0v) is 12.8. The Morgan fingerprint density at radius 1 is 1.39 bits per heavy atom. The van der Waals surface area contributed by atoms with Crippen molar-refractivity contribution in [3.63, 3.8) is 0 Å². The Balaban J connectivity index is 0.00000162. The van der Waals surface area contributed by atoms with Crippen molar-refractivity contribution in [3.05, 3.63) is 59.6 Å². The van der Waals surface area contributed by atoms with Gasteiger partial charge in [0.2, 0.25) is 12.1 Å². The summed E-state index contributed by atoms with van der Waals surface area (Å²) in [7, 11) is 0. The van der Waals surface area contributed by atoms with E-state index in [0.29, 0.717) is 12.1 Å². The minimum atomic E-state index is 0. The average molecular weight is 372 g/mol. The highest BCUT2D eigenvalue weighted by atomic mass is 79.9. The average Bonchev–Trinajstić information content (AvgIpc) is 2.77. The van der Waals surface area contributed by atoms with Gasteiger partial charge in [-0.2, -0.15) is 0 Å². The van der Waals surface area contributed by atoms with Gasteiger partial charge in [0.1, 0.15) is 12.4 Å². The molecular formula is C13H12Br2N2O. The normalized spacial score (nSPS) is 9.61. The predicted octanol–water partition coefficient (Wildman–Crippen LogP) is -0.475. The molecule has 0 aliphatic rings. The first-order chi connectivity index (χ1) is 8.19. The minimum Gasteiger partial charge on any atom is -1.00 e. The van der Waals surface area contributed by atoms with E-state index in [-0.39, 0.29) is 22.8 Å². The molecule has 0 atom stereocenters. The third-order valence-electron chi connectivity index (χ3n) is 2.42. The summed E-state index contributed by atoms with van der Waals surface area (Å²) < 4.78 is 4.60. The Kier molecular flexibility index (Phi) is 5.50. The molecule has 18 heavy (non-hydrogen) atoms. The Morgan fingerprint density at radius 3 is 2.61 bits per heavy atom. The van der Waals surface area contributed by atoms with Gasteiger partial charge < -0.3 is 17.0 Å². The fraction of sp³-hybridized carbons (Fsp3) is 0.0769. The first-order valence-electron chi connectivity index (χ1n) is 5.17. The molecule has 2 rings (SSSR count). The van der Waals surface area contributed by atoms with Gasteiger partial charge >= 0.3 is 0 Å². The van der Waals surface area contributed by atoms with Gasteiger partial charge in [-0.25, -0.2) is 9.13 Å². The number of halogens is 2. The second kappa shape index (κ2) is 6.66. The number of hydrogen-bond donors (Lipinski definition) is 0. The van der Waals surface area contributed by atoms with E-state index in [1.54, 1.807) is 10.8 Å². The van der Waals surface area contributed by atoms with Gasteiger partial charge in [0.05, 0.1) is 6.20 Å². The molecule has 0 aliphatic heterocycles. The minimum absolute atomic E-state index is 0. The van der Waals surface area contributed by atoms with Crippen LogP contribution in [0, 0.1) is 0 Å². The summed E-state index contributed by atoms with van der Waals surface area (Å²) in [5.41, 5.74) is 0.715. The van der Waals surface area contributed by atoms with Crippen LogP contribution in [0.25, 0.3) is 6.20 Å². The fourth-order valence-corrected chi connectivity index (χ4v) is 1.77. The molecule has 0 saturated heterocycles. The zero-order valence-electron chi connectivity index (χ0n) is 9.59. The van der Waals surface area contributed by atoms with Crippen molar-refractivity contribution >= 4 is 27.9 Å². The highest BCUT2D eigenvalue weighted by Gasteiger charge is 2.10. The molecule has 3 nitrogen and oxygen atoms in total. The lowest BCUT2D eigenvalue weighted by atomic mass is 10.1. The van der Waals surface area contributed by atoms with Crippen molar-refractivity contribution in [1.29, 1.82) is 0 Å². The number of carbonyl (C=O) groups is 1. The fourth-order valence-electron chi connectivity index (χ4n) is 1.51. The molecule has 0 spiro atoms.